The van der Waals surface area contributed by atoms with Gasteiger partial charge in [-0.3, -0.25) is 19.6 Å². The topological polar surface area (TPSA) is 99.3 Å². The molecule has 8 nitrogen and oxygen atoms in total. The Morgan fingerprint density at radius 3 is 2.49 bits per heavy atom. The molecule has 0 saturated heterocycles. The highest BCUT2D eigenvalue weighted by Gasteiger charge is 2.16. The molecule has 3 aromatic carbocycles. The first-order valence-electron chi connectivity index (χ1n) is 10.9. The van der Waals surface area contributed by atoms with E-state index in [2.05, 4.69) is 10.4 Å². The van der Waals surface area contributed by atoms with E-state index in [-0.39, 0.29) is 24.0 Å². The second kappa shape index (κ2) is 10.2. The Bertz CT molecular complexity index is 1380. The highest BCUT2D eigenvalue weighted by molar-refractivity contribution is 6.05. The number of rotatable bonds is 8. The van der Waals surface area contributed by atoms with Crippen molar-refractivity contribution in [3.8, 4) is 5.75 Å². The maximum atomic E-state index is 13.5. The van der Waals surface area contributed by atoms with Gasteiger partial charge in [-0.25, -0.2) is 4.39 Å². The van der Waals surface area contributed by atoms with E-state index < -0.39 is 4.92 Å². The lowest BCUT2D eigenvalue weighted by molar-refractivity contribution is -0.384. The maximum absolute atomic E-state index is 13.5. The smallest absolute Gasteiger partial charge is 0.269 e. The Morgan fingerprint density at radius 1 is 1.06 bits per heavy atom. The third-order valence-electron chi connectivity index (χ3n) is 5.48. The van der Waals surface area contributed by atoms with Gasteiger partial charge < -0.3 is 10.1 Å². The quantitative estimate of drug-likeness (QED) is 0.271. The van der Waals surface area contributed by atoms with E-state index >= 15 is 0 Å². The van der Waals surface area contributed by atoms with E-state index in [1.165, 1.54) is 36.4 Å². The second-order valence-electron chi connectivity index (χ2n) is 8.03. The molecule has 0 aliphatic carbocycles. The van der Waals surface area contributed by atoms with E-state index in [0.29, 0.717) is 29.2 Å². The molecule has 178 valence electrons. The number of nitro groups is 1. The standard InChI is InChI=1S/C26H23FN4O4/c1-17-25(18(2)30(29-17)15-19-5-4-8-22(27)14-19)28-26(32)21-7-3-6-20(13-21)16-35-24-11-9-23(10-12-24)31(33)34/h3-14H,15-16H2,1-2H3,(H,28,32). The number of nitrogens with one attached hydrogen (secondary N) is 1. The van der Waals surface area contributed by atoms with E-state index in [1.54, 1.807) is 35.9 Å². The molecular formula is C26H23FN4O4. The van der Waals surface area contributed by atoms with Crippen molar-refractivity contribution in [3.05, 3.63) is 117 Å². The molecule has 0 radical (unpaired) electrons. The van der Waals surface area contributed by atoms with Crippen molar-refractivity contribution in [3.63, 3.8) is 0 Å². The minimum absolute atomic E-state index is 0.0131. The van der Waals surface area contributed by atoms with Crippen molar-refractivity contribution in [2.75, 3.05) is 5.32 Å². The Labute approximate surface area is 201 Å². The average molecular weight is 474 g/mol. The predicted octanol–water partition coefficient (Wildman–Crippen LogP) is 5.43. The summed E-state index contributed by atoms with van der Waals surface area (Å²) in [6, 6.07) is 19.1. The van der Waals surface area contributed by atoms with Gasteiger partial charge in [0.05, 0.1) is 28.5 Å². The van der Waals surface area contributed by atoms with Crippen LogP contribution in [0.2, 0.25) is 0 Å². The summed E-state index contributed by atoms with van der Waals surface area (Å²) in [5, 5.41) is 18.2. The largest absolute Gasteiger partial charge is 0.489 e. The SMILES string of the molecule is Cc1nn(Cc2cccc(F)c2)c(C)c1NC(=O)c1cccc(COc2ccc([N+](=O)[O-])cc2)c1. The maximum Gasteiger partial charge on any atom is 0.269 e. The van der Waals surface area contributed by atoms with E-state index in [9.17, 15) is 19.3 Å². The zero-order chi connectivity index (χ0) is 24.9. The molecule has 0 fully saturated rings. The van der Waals surface area contributed by atoms with Crippen LogP contribution in [-0.2, 0) is 13.2 Å². The van der Waals surface area contributed by atoms with Crippen LogP contribution in [-0.4, -0.2) is 20.6 Å². The van der Waals surface area contributed by atoms with Gasteiger partial charge in [0.15, 0.2) is 0 Å². The number of ether oxygens (including phenoxy) is 1. The number of amides is 1. The van der Waals surface area contributed by atoms with E-state index in [0.717, 1.165) is 16.8 Å². The summed E-state index contributed by atoms with van der Waals surface area (Å²) < 4.78 is 20.9. The van der Waals surface area contributed by atoms with Crippen LogP contribution in [0.5, 0.6) is 5.75 Å². The molecule has 1 amide bonds. The molecule has 9 heteroatoms. The van der Waals surface area contributed by atoms with Crippen LogP contribution in [0.1, 0.15) is 32.9 Å². The van der Waals surface area contributed by atoms with Gasteiger partial charge in [-0.05, 0) is 61.4 Å². The molecule has 0 aliphatic rings. The van der Waals surface area contributed by atoms with Crippen molar-refractivity contribution >= 4 is 17.3 Å². The number of carbonyl (C=O) groups excluding carboxylic acids is 1. The number of aromatic nitrogens is 2. The number of aryl methyl sites for hydroxylation is 1. The summed E-state index contributed by atoms with van der Waals surface area (Å²) in [5.74, 6) is -0.115. The van der Waals surface area contributed by atoms with E-state index in [1.807, 2.05) is 19.1 Å². The highest BCUT2D eigenvalue weighted by Crippen LogP contribution is 2.22. The van der Waals surface area contributed by atoms with Gasteiger partial charge in [-0.2, -0.15) is 5.10 Å². The monoisotopic (exact) mass is 474 g/mol. The zero-order valence-corrected chi connectivity index (χ0v) is 19.2. The molecule has 1 aromatic heterocycles. The summed E-state index contributed by atoms with van der Waals surface area (Å²) in [7, 11) is 0. The number of hydrogen-bond acceptors (Lipinski definition) is 5. The normalized spacial score (nSPS) is 10.7. The summed E-state index contributed by atoms with van der Waals surface area (Å²) in [4.78, 5) is 23.3. The number of nitrogens with zero attached hydrogens (tertiary/aromatic N) is 3. The van der Waals surface area contributed by atoms with Crippen molar-refractivity contribution in [1.29, 1.82) is 0 Å². The predicted molar refractivity (Wildman–Crippen MR) is 129 cm³/mol. The van der Waals surface area contributed by atoms with Crippen LogP contribution in [0.15, 0.2) is 72.8 Å². The minimum Gasteiger partial charge on any atom is -0.489 e. The number of hydrogen-bond donors (Lipinski definition) is 1. The summed E-state index contributed by atoms with van der Waals surface area (Å²) in [5.41, 5.74) is 4.01. The summed E-state index contributed by atoms with van der Waals surface area (Å²) >= 11 is 0. The fourth-order valence-electron chi connectivity index (χ4n) is 3.66. The molecule has 4 aromatic rings. The van der Waals surface area contributed by atoms with Crippen molar-refractivity contribution in [2.45, 2.75) is 27.0 Å². The van der Waals surface area contributed by atoms with Gasteiger partial charge in [0.2, 0.25) is 0 Å². The lowest BCUT2D eigenvalue weighted by atomic mass is 10.1. The third kappa shape index (κ3) is 5.70. The summed E-state index contributed by atoms with van der Waals surface area (Å²) in [6.45, 7) is 4.24. The number of benzene rings is 3. The third-order valence-corrected chi connectivity index (χ3v) is 5.48. The number of nitro benzene ring substituents is 1. The fraction of sp³-hybridized carbons (Fsp3) is 0.154. The van der Waals surface area contributed by atoms with Crippen LogP contribution in [0, 0.1) is 29.8 Å². The Kier molecular flexibility index (Phi) is 6.86. The fourth-order valence-corrected chi connectivity index (χ4v) is 3.66. The van der Waals surface area contributed by atoms with Crippen LogP contribution < -0.4 is 10.1 Å². The number of halogens is 1. The Morgan fingerprint density at radius 2 is 1.77 bits per heavy atom. The van der Waals surface area contributed by atoms with E-state index in [4.69, 9.17) is 4.74 Å². The first-order valence-corrected chi connectivity index (χ1v) is 10.9. The summed E-state index contributed by atoms with van der Waals surface area (Å²) in [6.07, 6.45) is 0. The first-order chi connectivity index (χ1) is 16.8. The average Bonchev–Trinajstić information content (AvgIpc) is 3.10. The van der Waals surface area contributed by atoms with Gasteiger partial charge >= 0.3 is 0 Å². The highest BCUT2D eigenvalue weighted by atomic mass is 19.1. The Hall–Kier alpha value is -4.53. The molecule has 1 N–H and O–H groups in total. The van der Waals surface area contributed by atoms with Crippen LogP contribution >= 0.6 is 0 Å². The molecular weight excluding hydrogens is 451 g/mol. The lowest BCUT2D eigenvalue weighted by Gasteiger charge is -2.10. The Balaban J connectivity index is 1.43. The zero-order valence-electron chi connectivity index (χ0n) is 19.2. The minimum atomic E-state index is -0.472. The number of anilines is 1. The molecule has 0 aliphatic heterocycles. The molecule has 0 bridgehead atoms. The van der Waals surface area contributed by atoms with Crippen LogP contribution in [0.25, 0.3) is 0 Å². The first kappa shape index (κ1) is 23.6. The number of non-ortho nitro benzene ring substituents is 1. The van der Waals surface area contributed by atoms with Crippen LogP contribution in [0.4, 0.5) is 15.8 Å². The van der Waals surface area contributed by atoms with Crippen molar-refractivity contribution in [1.82, 2.24) is 9.78 Å². The van der Waals surface area contributed by atoms with Gasteiger partial charge in [-0.15, -0.1) is 0 Å². The molecule has 1 heterocycles. The van der Waals surface area contributed by atoms with Crippen molar-refractivity contribution in [2.24, 2.45) is 0 Å². The lowest BCUT2D eigenvalue weighted by Crippen LogP contribution is -2.14. The molecule has 0 unspecified atom stereocenters. The van der Waals surface area contributed by atoms with Gasteiger partial charge in [0, 0.05) is 17.7 Å². The molecule has 0 atom stereocenters. The van der Waals surface area contributed by atoms with Crippen molar-refractivity contribution < 1.29 is 18.8 Å². The van der Waals surface area contributed by atoms with Crippen LogP contribution in [0.3, 0.4) is 0 Å². The molecule has 35 heavy (non-hydrogen) atoms. The number of carbonyl (C=O) groups is 1. The van der Waals surface area contributed by atoms with Gasteiger partial charge in [-0.1, -0.05) is 24.3 Å². The molecule has 4 rings (SSSR count). The molecule has 0 saturated carbocycles. The molecule has 0 spiro atoms. The van der Waals surface area contributed by atoms with Gasteiger partial charge in [0.25, 0.3) is 11.6 Å². The van der Waals surface area contributed by atoms with Gasteiger partial charge in [0.1, 0.15) is 18.2 Å². The second-order valence-corrected chi connectivity index (χ2v) is 8.03.